The summed E-state index contributed by atoms with van der Waals surface area (Å²) in [5, 5.41) is 3.35. The minimum atomic E-state index is -0.873. The Morgan fingerprint density at radius 1 is 1.35 bits per heavy atom. The molecule has 1 aromatic carbocycles. The van der Waals surface area contributed by atoms with E-state index in [1.807, 2.05) is 0 Å². The Kier molecular flexibility index (Phi) is 3.94. The quantitative estimate of drug-likeness (QED) is 0.773. The van der Waals surface area contributed by atoms with Crippen LogP contribution in [-0.2, 0) is 0 Å². The minimum Gasteiger partial charge on any atom is -0.492 e. The van der Waals surface area contributed by atoms with E-state index in [-0.39, 0.29) is 0 Å². The maximum atomic E-state index is 12.9. The van der Waals surface area contributed by atoms with Crippen molar-refractivity contribution in [3.05, 3.63) is 29.8 Å². The largest absolute Gasteiger partial charge is 0.492 e. The maximum absolute atomic E-state index is 12.9. The molecule has 2 rings (SSSR count). The summed E-state index contributed by atoms with van der Waals surface area (Å²) in [6, 6.07) is 4.09. The molecule has 0 aliphatic heterocycles. The van der Waals surface area contributed by atoms with Gasteiger partial charge in [-0.3, -0.25) is 0 Å². The fraction of sp³-hybridized carbons (Fsp3) is 0.538. The average molecular weight is 241 g/mol. The number of halogens is 2. The van der Waals surface area contributed by atoms with Crippen LogP contribution < -0.4 is 10.1 Å². The second kappa shape index (κ2) is 5.45. The van der Waals surface area contributed by atoms with E-state index in [1.165, 1.54) is 18.9 Å². The lowest BCUT2D eigenvalue weighted by atomic mass is 10.2. The summed E-state index contributed by atoms with van der Waals surface area (Å²) in [4.78, 5) is 0. The van der Waals surface area contributed by atoms with Crippen LogP contribution in [-0.4, -0.2) is 19.2 Å². The third kappa shape index (κ3) is 3.66. The van der Waals surface area contributed by atoms with Crippen molar-refractivity contribution in [3.8, 4) is 5.75 Å². The van der Waals surface area contributed by atoms with Crippen LogP contribution >= 0.6 is 0 Å². The summed E-state index contributed by atoms with van der Waals surface area (Å²) in [6.07, 6.45) is 2.61. The van der Waals surface area contributed by atoms with Gasteiger partial charge in [0.05, 0.1) is 0 Å². The van der Waals surface area contributed by atoms with E-state index in [4.69, 9.17) is 4.74 Å². The van der Waals surface area contributed by atoms with Crippen LogP contribution in [0.15, 0.2) is 18.2 Å². The molecule has 0 saturated heterocycles. The lowest BCUT2D eigenvalue weighted by Crippen LogP contribution is -2.31. The van der Waals surface area contributed by atoms with Crippen molar-refractivity contribution in [1.29, 1.82) is 0 Å². The maximum Gasteiger partial charge on any atom is 0.162 e. The summed E-state index contributed by atoms with van der Waals surface area (Å²) in [5.41, 5.74) is 0. The van der Waals surface area contributed by atoms with Gasteiger partial charge in [0.15, 0.2) is 11.6 Å². The van der Waals surface area contributed by atoms with Crippen molar-refractivity contribution < 1.29 is 13.5 Å². The van der Waals surface area contributed by atoms with Gasteiger partial charge in [-0.2, -0.15) is 0 Å². The molecule has 0 radical (unpaired) electrons. The molecule has 17 heavy (non-hydrogen) atoms. The second-order valence-electron chi connectivity index (χ2n) is 4.50. The van der Waals surface area contributed by atoms with Crippen molar-refractivity contribution in [3.63, 3.8) is 0 Å². The third-order valence-electron chi connectivity index (χ3n) is 3.06. The Labute approximate surface area is 100.0 Å². The summed E-state index contributed by atoms with van der Waals surface area (Å²) in [5.74, 6) is -0.553. The van der Waals surface area contributed by atoms with E-state index in [1.54, 1.807) is 0 Å². The van der Waals surface area contributed by atoms with Gasteiger partial charge in [-0.1, -0.05) is 0 Å². The van der Waals surface area contributed by atoms with Crippen molar-refractivity contribution in [1.82, 2.24) is 5.32 Å². The minimum absolute atomic E-state index is 0.366. The second-order valence-corrected chi connectivity index (χ2v) is 4.50. The van der Waals surface area contributed by atoms with Crippen molar-refractivity contribution in [2.75, 3.05) is 13.2 Å². The first-order chi connectivity index (χ1) is 8.16. The van der Waals surface area contributed by atoms with Gasteiger partial charge in [-0.15, -0.1) is 0 Å². The Morgan fingerprint density at radius 3 is 2.76 bits per heavy atom. The lowest BCUT2D eigenvalue weighted by Gasteiger charge is -2.13. The molecule has 94 valence electrons. The molecule has 1 unspecified atom stereocenters. The van der Waals surface area contributed by atoms with Crippen LogP contribution in [0.25, 0.3) is 0 Å². The molecule has 1 saturated carbocycles. The van der Waals surface area contributed by atoms with Crippen LogP contribution in [0.2, 0.25) is 0 Å². The van der Waals surface area contributed by atoms with E-state index in [2.05, 4.69) is 12.2 Å². The Balaban J connectivity index is 1.68. The third-order valence-corrected chi connectivity index (χ3v) is 3.06. The molecule has 1 aliphatic rings. The highest BCUT2D eigenvalue weighted by Crippen LogP contribution is 2.32. The number of benzene rings is 1. The molecular weight excluding hydrogens is 224 g/mol. The Bertz CT molecular complexity index is 380. The first-order valence-electron chi connectivity index (χ1n) is 5.98. The molecule has 0 aromatic heterocycles. The van der Waals surface area contributed by atoms with Gasteiger partial charge >= 0.3 is 0 Å². The molecular formula is C13H17F2NO. The molecule has 4 heteroatoms. The number of hydrogen-bond acceptors (Lipinski definition) is 2. The highest BCUT2D eigenvalue weighted by atomic mass is 19.2. The predicted octanol–water partition coefficient (Wildman–Crippen LogP) is 2.73. The predicted molar refractivity (Wildman–Crippen MR) is 62.0 cm³/mol. The van der Waals surface area contributed by atoms with Gasteiger partial charge < -0.3 is 10.1 Å². The summed E-state index contributed by atoms with van der Waals surface area (Å²) < 4.78 is 30.8. The molecule has 1 aliphatic carbocycles. The molecule has 2 nitrogen and oxygen atoms in total. The van der Waals surface area contributed by atoms with Gasteiger partial charge in [0.1, 0.15) is 12.4 Å². The molecule has 1 atom stereocenters. The van der Waals surface area contributed by atoms with E-state index in [0.717, 1.165) is 24.6 Å². The zero-order valence-electron chi connectivity index (χ0n) is 9.88. The van der Waals surface area contributed by atoms with Crippen LogP contribution in [0.1, 0.15) is 19.8 Å². The lowest BCUT2D eigenvalue weighted by molar-refractivity contribution is 0.301. The van der Waals surface area contributed by atoms with E-state index in [0.29, 0.717) is 18.4 Å². The zero-order chi connectivity index (χ0) is 12.3. The van der Waals surface area contributed by atoms with Crippen LogP contribution in [0, 0.1) is 17.6 Å². The first kappa shape index (κ1) is 12.3. The van der Waals surface area contributed by atoms with E-state index in [9.17, 15) is 8.78 Å². The molecule has 1 N–H and O–H groups in total. The van der Waals surface area contributed by atoms with Crippen molar-refractivity contribution >= 4 is 0 Å². The SMILES string of the molecule is CC(NCCOc1ccc(F)c(F)c1)C1CC1. The van der Waals surface area contributed by atoms with Crippen LogP contribution in [0.4, 0.5) is 8.78 Å². The van der Waals surface area contributed by atoms with Crippen LogP contribution in [0.5, 0.6) is 5.75 Å². The molecule has 1 aromatic rings. The zero-order valence-corrected chi connectivity index (χ0v) is 9.88. The average Bonchev–Trinajstić information content (AvgIpc) is 3.13. The van der Waals surface area contributed by atoms with Gasteiger partial charge in [0.2, 0.25) is 0 Å². The fourth-order valence-corrected chi connectivity index (χ4v) is 1.79. The van der Waals surface area contributed by atoms with E-state index < -0.39 is 11.6 Å². The normalized spacial score (nSPS) is 16.9. The molecule has 0 heterocycles. The van der Waals surface area contributed by atoms with Crippen LogP contribution in [0.3, 0.4) is 0 Å². The Morgan fingerprint density at radius 2 is 2.12 bits per heavy atom. The van der Waals surface area contributed by atoms with Crippen molar-refractivity contribution in [2.24, 2.45) is 5.92 Å². The standard InChI is InChI=1S/C13H17F2NO/c1-9(10-2-3-10)16-6-7-17-11-4-5-12(14)13(15)8-11/h4-5,8-10,16H,2-3,6-7H2,1H3. The Hall–Kier alpha value is -1.16. The summed E-state index contributed by atoms with van der Waals surface area (Å²) in [7, 11) is 0. The molecule has 0 bridgehead atoms. The number of ether oxygens (including phenoxy) is 1. The van der Waals surface area contributed by atoms with E-state index >= 15 is 0 Å². The van der Waals surface area contributed by atoms with Gasteiger partial charge in [-0.25, -0.2) is 8.78 Å². The topological polar surface area (TPSA) is 21.3 Å². The monoisotopic (exact) mass is 241 g/mol. The summed E-state index contributed by atoms with van der Waals surface area (Å²) in [6.45, 7) is 3.34. The number of rotatable bonds is 6. The van der Waals surface area contributed by atoms with Gasteiger partial charge in [0.25, 0.3) is 0 Å². The van der Waals surface area contributed by atoms with Crippen molar-refractivity contribution in [2.45, 2.75) is 25.8 Å². The van der Waals surface area contributed by atoms with Gasteiger partial charge in [0, 0.05) is 18.7 Å². The van der Waals surface area contributed by atoms with Gasteiger partial charge in [-0.05, 0) is 37.8 Å². The smallest absolute Gasteiger partial charge is 0.162 e. The number of hydrogen-bond donors (Lipinski definition) is 1. The number of nitrogens with one attached hydrogen (secondary N) is 1. The highest BCUT2D eigenvalue weighted by molar-refractivity contribution is 5.23. The highest BCUT2D eigenvalue weighted by Gasteiger charge is 2.27. The fourth-order valence-electron chi connectivity index (χ4n) is 1.79. The molecule has 1 fully saturated rings. The molecule has 0 spiro atoms. The molecule has 0 amide bonds. The first-order valence-corrected chi connectivity index (χ1v) is 5.98. The summed E-state index contributed by atoms with van der Waals surface area (Å²) >= 11 is 0.